The minimum absolute atomic E-state index is 0.199. The second kappa shape index (κ2) is 5.77. The highest BCUT2D eigenvalue weighted by Crippen LogP contribution is 2.34. The number of rotatable bonds is 3. The second-order valence-electron chi connectivity index (χ2n) is 3.49. The molecule has 3 heteroatoms. The van der Waals surface area contributed by atoms with Gasteiger partial charge in [0.2, 0.25) is 0 Å². The van der Waals surface area contributed by atoms with Crippen LogP contribution < -0.4 is 0 Å². The van der Waals surface area contributed by atoms with Crippen molar-refractivity contribution in [3.05, 3.63) is 65.2 Å². The lowest BCUT2D eigenvalue weighted by atomic mass is 10.2. The van der Waals surface area contributed by atoms with E-state index in [0.717, 1.165) is 10.5 Å². The molecular formula is C14H10ClNS. The molecule has 0 radical (unpaired) electrons. The SMILES string of the molecule is N#C[C@H](Sc1ccccc1)c1ccc(Cl)cc1. The van der Waals surface area contributed by atoms with Crippen molar-refractivity contribution in [3.8, 4) is 6.07 Å². The van der Waals surface area contributed by atoms with Gasteiger partial charge in [0.15, 0.2) is 0 Å². The molecule has 2 rings (SSSR count). The maximum Gasteiger partial charge on any atom is 0.121 e. The van der Waals surface area contributed by atoms with Crippen molar-refractivity contribution >= 4 is 23.4 Å². The van der Waals surface area contributed by atoms with Gasteiger partial charge < -0.3 is 0 Å². The highest BCUT2D eigenvalue weighted by molar-refractivity contribution is 7.99. The van der Waals surface area contributed by atoms with E-state index < -0.39 is 0 Å². The van der Waals surface area contributed by atoms with Crippen LogP contribution in [0.25, 0.3) is 0 Å². The zero-order valence-electron chi connectivity index (χ0n) is 9.01. The maximum absolute atomic E-state index is 9.21. The van der Waals surface area contributed by atoms with Gasteiger partial charge in [-0.05, 0) is 29.8 Å². The van der Waals surface area contributed by atoms with Crippen LogP contribution in [0.1, 0.15) is 10.8 Å². The van der Waals surface area contributed by atoms with Crippen molar-refractivity contribution in [2.45, 2.75) is 10.1 Å². The summed E-state index contributed by atoms with van der Waals surface area (Å²) in [6.45, 7) is 0. The summed E-state index contributed by atoms with van der Waals surface area (Å²) in [6.07, 6.45) is 0. The van der Waals surface area contributed by atoms with Crippen LogP contribution in [0.2, 0.25) is 5.02 Å². The van der Waals surface area contributed by atoms with Crippen LogP contribution in [0.5, 0.6) is 0 Å². The summed E-state index contributed by atoms with van der Waals surface area (Å²) in [6, 6.07) is 19.6. The summed E-state index contributed by atoms with van der Waals surface area (Å²) < 4.78 is 0. The fourth-order valence-electron chi connectivity index (χ4n) is 1.44. The molecule has 0 aliphatic heterocycles. The fraction of sp³-hybridized carbons (Fsp3) is 0.0714. The second-order valence-corrected chi connectivity index (χ2v) is 5.11. The van der Waals surface area contributed by atoms with E-state index in [2.05, 4.69) is 6.07 Å². The molecule has 1 nitrogen and oxygen atoms in total. The first-order valence-corrected chi connectivity index (χ1v) is 6.42. The number of nitrogens with zero attached hydrogens (tertiary/aromatic N) is 1. The third-order valence-electron chi connectivity index (χ3n) is 2.29. The van der Waals surface area contributed by atoms with E-state index in [-0.39, 0.29) is 5.25 Å². The van der Waals surface area contributed by atoms with Gasteiger partial charge in [-0.2, -0.15) is 5.26 Å². The van der Waals surface area contributed by atoms with Gasteiger partial charge >= 0.3 is 0 Å². The van der Waals surface area contributed by atoms with Gasteiger partial charge in [0.05, 0.1) is 6.07 Å². The van der Waals surface area contributed by atoms with Gasteiger partial charge in [-0.1, -0.05) is 41.9 Å². The topological polar surface area (TPSA) is 23.8 Å². The van der Waals surface area contributed by atoms with Crippen molar-refractivity contribution in [1.82, 2.24) is 0 Å². The lowest BCUT2D eigenvalue weighted by Gasteiger charge is -2.09. The Morgan fingerprint density at radius 1 is 1.00 bits per heavy atom. The van der Waals surface area contributed by atoms with Gasteiger partial charge in [0, 0.05) is 9.92 Å². The molecule has 0 spiro atoms. The molecule has 0 unspecified atom stereocenters. The monoisotopic (exact) mass is 259 g/mol. The van der Waals surface area contributed by atoms with E-state index in [4.69, 9.17) is 11.6 Å². The number of halogens is 1. The summed E-state index contributed by atoms with van der Waals surface area (Å²) >= 11 is 7.37. The molecule has 0 amide bonds. The average molecular weight is 260 g/mol. The molecule has 0 heterocycles. The van der Waals surface area contributed by atoms with Gasteiger partial charge in [-0.15, -0.1) is 11.8 Å². The van der Waals surface area contributed by atoms with Crippen LogP contribution >= 0.6 is 23.4 Å². The Morgan fingerprint density at radius 3 is 2.24 bits per heavy atom. The maximum atomic E-state index is 9.21. The first kappa shape index (κ1) is 12.0. The zero-order chi connectivity index (χ0) is 12.1. The molecule has 17 heavy (non-hydrogen) atoms. The molecule has 0 aliphatic rings. The number of thioether (sulfide) groups is 1. The van der Waals surface area contributed by atoms with Crippen molar-refractivity contribution in [3.63, 3.8) is 0 Å². The number of benzene rings is 2. The van der Waals surface area contributed by atoms with Crippen LogP contribution in [0.3, 0.4) is 0 Å². The van der Waals surface area contributed by atoms with E-state index in [9.17, 15) is 5.26 Å². The molecule has 84 valence electrons. The molecule has 0 fully saturated rings. The average Bonchev–Trinajstić information content (AvgIpc) is 2.38. The normalized spacial score (nSPS) is 11.8. The minimum Gasteiger partial charge on any atom is -0.197 e. The lowest BCUT2D eigenvalue weighted by molar-refractivity contribution is 1.22. The first-order valence-electron chi connectivity index (χ1n) is 5.16. The Balaban J connectivity index is 2.18. The van der Waals surface area contributed by atoms with Crippen LogP contribution in [-0.4, -0.2) is 0 Å². The molecule has 0 saturated carbocycles. The highest BCUT2D eigenvalue weighted by Gasteiger charge is 2.11. The predicted molar refractivity (Wildman–Crippen MR) is 72.1 cm³/mol. The Kier molecular flexibility index (Phi) is 4.08. The number of hydrogen-bond donors (Lipinski definition) is 0. The Labute approximate surface area is 110 Å². The van der Waals surface area contributed by atoms with Crippen molar-refractivity contribution < 1.29 is 0 Å². The van der Waals surface area contributed by atoms with Crippen molar-refractivity contribution in [2.24, 2.45) is 0 Å². The quantitative estimate of drug-likeness (QED) is 0.746. The van der Waals surface area contributed by atoms with E-state index >= 15 is 0 Å². The van der Waals surface area contributed by atoms with E-state index in [1.807, 2.05) is 54.6 Å². The van der Waals surface area contributed by atoms with Crippen LogP contribution in [0.15, 0.2) is 59.5 Å². The van der Waals surface area contributed by atoms with Crippen molar-refractivity contribution in [2.75, 3.05) is 0 Å². The van der Waals surface area contributed by atoms with E-state index in [0.29, 0.717) is 5.02 Å². The predicted octanol–water partition coefficient (Wildman–Crippen LogP) is 4.70. The van der Waals surface area contributed by atoms with E-state index in [1.54, 1.807) is 11.8 Å². The standard InChI is InChI=1S/C14H10ClNS/c15-12-8-6-11(7-9-12)14(10-16)17-13-4-2-1-3-5-13/h1-9,14H/t14-/m0/s1. The van der Waals surface area contributed by atoms with Gasteiger partial charge in [-0.25, -0.2) is 0 Å². The molecule has 2 aromatic carbocycles. The number of hydrogen-bond acceptors (Lipinski definition) is 2. The van der Waals surface area contributed by atoms with Crippen molar-refractivity contribution in [1.29, 1.82) is 5.26 Å². The Morgan fingerprint density at radius 2 is 1.65 bits per heavy atom. The third-order valence-corrected chi connectivity index (χ3v) is 3.70. The molecule has 0 aromatic heterocycles. The van der Waals surface area contributed by atoms with Crippen LogP contribution in [0.4, 0.5) is 0 Å². The largest absolute Gasteiger partial charge is 0.197 e. The van der Waals surface area contributed by atoms with E-state index in [1.165, 1.54) is 0 Å². The lowest BCUT2D eigenvalue weighted by Crippen LogP contribution is -1.89. The summed E-state index contributed by atoms with van der Waals surface area (Å²) in [5, 5.41) is 9.70. The summed E-state index contributed by atoms with van der Waals surface area (Å²) in [7, 11) is 0. The molecule has 0 aliphatic carbocycles. The van der Waals surface area contributed by atoms with Crippen LogP contribution in [-0.2, 0) is 0 Å². The number of nitriles is 1. The van der Waals surface area contributed by atoms with Gasteiger partial charge in [-0.3, -0.25) is 0 Å². The Bertz CT molecular complexity index is 516. The highest BCUT2D eigenvalue weighted by atomic mass is 35.5. The zero-order valence-corrected chi connectivity index (χ0v) is 10.6. The van der Waals surface area contributed by atoms with Gasteiger partial charge in [0.25, 0.3) is 0 Å². The van der Waals surface area contributed by atoms with Crippen LogP contribution in [0, 0.1) is 11.3 Å². The fourth-order valence-corrected chi connectivity index (χ4v) is 2.50. The first-order chi connectivity index (χ1) is 8.29. The summed E-state index contributed by atoms with van der Waals surface area (Å²) in [5.41, 5.74) is 0.978. The molecule has 0 bridgehead atoms. The summed E-state index contributed by atoms with van der Waals surface area (Å²) in [5.74, 6) is 0. The minimum atomic E-state index is -0.199. The summed E-state index contributed by atoms with van der Waals surface area (Å²) in [4.78, 5) is 1.09. The molecule has 0 N–H and O–H groups in total. The smallest absolute Gasteiger partial charge is 0.121 e. The van der Waals surface area contributed by atoms with Gasteiger partial charge in [0.1, 0.15) is 5.25 Å². The molecule has 2 aromatic rings. The molecule has 0 saturated heterocycles. The Hall–Kier alpha value is -1.43. The molecular weight excluding hydrogens is 250 g/mol. The third kappa shape index (κ3) is 3.26. The molecule has 1 atom stereocenters.